The van der Waals surface area contributed by atoms with E-state index in [9.17, 15) is 4.79 Å². The van der Waals surface area contributed by atoms with Crippen molar-refractivity contribution in [2.45, 2.75) is 26.2 Å². The number of nitrogens with zero attached hydrogens (tertiary/aromatic N) is 3. The highest BCUT2D eigenvalue weighted by Gasteiger charge is 2.26. The standard InChI is InChI=1S/C17H20N4O/c1-2-3-11-18-16-9-8-14(19-20-16)17(22)21-12-10-13-6-4-5-7-15(13)21/h4-9H,2-3,10-12H2,1H3,(H,18,20). The van der Waals surface area contributed by atoms with Gasteiger partial charge < -0.3 is 10.2 Å². The van der Waals surface area contributed by atoms with Crippen molar-refractivity contribution >= 4 is 17.4 Å². The third-order valence-corrected chi connectivity index (χ3v) is 3.85. The van der Waals surface area contributed by atoms with Gasteiger partial charge in [0.05, 0.1) is 0 Å². The fourth-order valence-corrected chi connectivity index (χ4v) is 2.62. The molecule has 0 aliphatic carbocycles. The van der Waals surface area contributed by atoms with Crippen molar-refractivity contribution in [1.82, 2.24) is 10.2 Å². The number of carbonyl (C=O) groups is 1. The third kappa shape index (κ3) is 2.93. The third-order valence-electron chi connectivity index (χ3n) is 3.85. The van der Waals surface area contributed by atoms with Gasteiger partial charge in [-0.05, 0) is 36.6 Å². The first-order chi connectivity index (χ1) is 10.8. The van der Waals surface area contributed by atoms with Gasteiger partial charge in [0.1, 0.15) is 5.82 Å². The van der Waals surface area contributed by atoms with Crippen LogP contribution in [-0.4, -0.2) is 29.2 Å². The topological polar surface area (TPSA) is 58.1 Å². The molecule has 0 saturated carbocycles. The van der Waals surface area contributed by atoms with Gasteiger partial charge in [-0.1, -0.05) is 31.5 Å². The highest BCUT2D eigenvalue weighted by Crippen LogP contribution is 2.28. The molecule has 22 heavy (non-hydrogen) atoms. The Hall–Kier alpha value is -2.43. The molecule has 5 nitrogen and oxygen atoms in total. The van der Waals surface area contributed by atoms with E-state index in [4.69, 9.17) is 0 Å². The Bertz CT molecular complexity index is 654. The molecule has 0 saturated heterocycles. The van der Waals surface area contributed by atoms with E-state index in [2.05, 4.69) is 28.5 Å². The molecule has 1 aliphatic rings. The quantitative estimate of drug-likeness (QED) is 0.862. The fourth-order valence-electron chi connectivity index (χ4n) is 2.62. The minimum Gasteiger partial charge on any atom is -0.369 e. The number of carbonyl (C=O) groups excluding carboxylic acids is 1. The number of anilines is 2. The molecule has 5 heteroatoms. The summed E-state index contributed by atoms with van der Waals surface area (Å²) in [6.45, 7) is 3.72. The predicted molar refractivity (Wildman–Crippen MR) is 87.3 cm³/mol. The molecule has 1 amide bonds. The Morgan fingerprint density at radius 3 is 2.86 bits per heavy atom. The summed E-state index contributed by atoms with van der Waals surface area (Å²) < 4.78 is 0. The molecule has 1 N–H and O–H groups in total. The van der Waals surface area contributed by atoms with Gasteiger partial charge in [-0.3, -0.25) is 4.79 Å². The van der Waals surface area contributed by atoms with Crippen LogP contribution in [0.5, 0.6) is 0 Å². The molecule has 0 unspecified atom stereocenters. The van der Waals surface area contributed by atoms with Crippen LogP contribution in [-0.2, 0) is 6.42 Å². The van der Waals surface area contributed by atoms with Gasteiger partial charge in [-0.25, -0.2) is 0 Å². The van der Waals surface area contributed by atoms with E-state index in [1.54, 1.807) is 11.0 Å². The summed E-state index contributed by atoms with van der Waals surface area (Å²) in [6.07, 6.45) is 3.12. The van der Waals surface area contributed by atoms with Gasteiger partial charge in [0, 0.05) is 18.8 Å². The van der Waals surface area contributed by atoms with Gasteiger partial charge in [0.25, 0.3) is 5.91 Å². The number of amides is 1. The molecule has 114 valence electrons. The molecular formula is C17H20N4O. The number of unbranched alkanes of at least 4 members (excludes halogenated alkanes) is 1. The zero-order chi connectivity index (χ0) is 15.4. The summed E-state index contributed by atoms with van der Waals surface area (Å²) in [5, 5.41) is 11.4. The molecule has 3 rings (SSSR count). The average Bonchev–Trinajstić information content (AvgIpc) is 2.99. The average molecular weight is 296 g/mol. The molecule has 0 radical (unpaired) electrons. The van der Waals surface area contributed by atoms with Crippen molar-refractivity contribution in [3.8, 4) is 0 Å². The van der Waals surface area contributed by atoms with Crippen LogP contribution in [0.25, 0.3) is 0 Å². The first kappa shape index (κ1) is 14.5. The maximum atomic E-state index is 12.6. The maximum absolute atomic E-state index is 12.6. The smallest absolute Gasteiger partial charge is 0.278 e. The van der Waals surface area contributed by atoms with Crippen molar-refractivity contribution in [3.05, 3.63) is 47.7 Å². The summed E-state index contributed by atoms with van der Waals surface area (Å²) in [5.74, 6) is 0.629. The molecule has 2 aromatic rings. The fraction of sp³-hybridized carbons (Fsp3) is 0.353. The van der Waals surface area contributed by atoms with E-state index in [-0.39, 0.29) is 5.91 Å². The number of hydrogen-bond acceptors (Lipinski definition) is 4. The Morgan fingerprint density at radius 1 is 1.23 bits per heavy atom. The number of rotatable bonds is 5. The van der Waals surface area contributed by atoms with E-state index >= 15 is 0 Å². The molecule has 1 aromatic heterocycles. The second kappa shape index (κ2) is 6.56. The lowest BCUT2D eigenvalue weighted by Gasteiger charge is -2.16. The van der Waals surface area contributed by atoms with Crippen LogP contribution in [0.1, 0.15) is 35.8 Å². The second-order valence-electron chi connectivity index (χ2n) is 5.42. The predicted octanol–water partition coefficient (Wildman–Crippen LogP) is 2.89. The number of aromatic nitrogens is 2. The van der Waals surface area contributed by atoms with E-state index in [0.29, 0.717) is 18.1 Å². The van der Waals surface area contributed by atoms with Gasteiger partial charge in [0.2, 0.25) is 0 Å². The molecule has 1 aliphatic heterocycles. The number of nitrogens with one attached hydrogen (secondary N) is 1. The minimum atomic E-state index is -0.0856. The molecule has 0 bridgehead atoms. The number of hydrogen-bond donors (Lipinski definition) is 1. The van der Waals surface area contributed by atoms with Gasteiger partial charge in [0.15, 0.2) is 5.69 Å². The van der Waals surface area contributed by atoms with Crippen molar-refractivity contribution in [3.63, 3.8) is 0 Å². The summed E-state index contributed by atoms with van der Waals surface area (Å²) in [6, 6.07) is 11.6. The maximum Gasteiger partial charge on any atom is 0.278 e. The van der Waals surface area contributed by atoms with Crippen molar-refractivity contribution in [1.29, 1.82) is 0 Å². The molecule has 1 aromatic carbocycles. The number of para-hydroxylation sites is 1. The summed E-state index contributed by atoms with van der Waals surface area (Å²) in [7, 11) is 0. The van der Waals surface area contributed by atoms with Crippen LogP contribution < -0.4 is 10.2 Å². The summed E-state index contributed by atoms with van der Waals surface area (Å²) in [5.41, 5.74) is 2.58. The van der Waals surface area contributed by atoms with Gasteiger partial charge >= 0.3 is 0 Å². The minimum absolute atomic E-state index is 0.0856. The Balaban J connectivity index is 1.71. The highest BCUT2D eigenvalue weighted by molar-refractivity contribution is 6.06. The van der Waals surface area contributed by atoms with Crippen molar-refractivity contribution < 1.29 is 4.79 Å². The van der Waals surface area contributed by atoms with E-state index in [1.807, 2.05) is 24.3 Å². The molecule has 2 heterocycles. The first-order valence-electron chi connectivity index (χ1n) is 7.77. The largest absolute Gasteiger partial charge is 0.369 e. The van der Waals surface area contributed by atoms with Gasteiger partial charge in [-0.15, -0.1) is 10.2 Å². The summed E-state index contributed by atoms with van der Waals surface area (Å²) >= 11 is 0. The lowest BCUT2D eigenvalue weighted by Crippen LogP contribution is -2.29. The van der Waals surface area contributed by atoms with Crippen LogP contribution in [0.4, 0.5) is 11.5 Å². The molecule has 0 fully saturated rings. The first-order valence-corrected chi connectivity index (χ1v) is 7.77. The van der Waals surface area contributed by atoms with Crippen LogP contribution in [0.2, 0.25) is 0 Å². The number of benzene rings is 1. The van der Waals surface area contributed by atoms with Crippen LogP contribution in [0.15, 0.2) is 36.4 Å². The monoisotopic (exact) mass is 296 g/mol. The Labute approximate surface area is 130 Å². The normalized spacial score (nSPS) is 13.0. The highest BCUT2D eigenvalue weighted by atomic mass is 16.2. The van der Waals surface area contributed by atoms with Gasteiger partial charge in [-0.2, -0.15) is 0 Å². The molecule has 0 spiro atoms. The van der Waals surface area contributed by atoms with E-state index in [1.165, 1.54) is 5.56 Å². The van der Waals surface area contributed by atoms with Crippen LogP contribution in [0.3, 0.4) is 0 Å². The van der Waals surface area contributed by atoms with Crippen molar-refractivity contribution in [2.75, 3.05) is 23.3 Å². The van der Waals surface area contributed by atoms with Crippen LogP contribution in [0, 0.1) is 0 Å². The SMILES string of the molecule is CCCCNc1ccc(C(=O)N2CCc3ccccc32)nn1. The van der Waals surface area contributed by atoms with E-state index in [0.717, 1.165) is 31.5 Å². The lowest BCUT2D eigenvalue weighted by atomic mass is 10.2. The van der Waals surface area contributed by atoms with Crippen molar-refractivity contribution in [2.24, 2.45) is 0 Å². The molecule has 0 atom stereocenters. The summed E-state index contributed by atoms with van der Waals surface area (Å²) in [4.78, 5) is 14.4. The van der Waals surface area contributed by atoms with E-state index < -0.39 is 0 Å². The zero-order valence-electron chi connectivity index (χ0n) is 12.7. The Morgan fingerprint density at radius 2 is 2.09 bits per heavy atom. The van der Waals surface area contributed by atoms with Crippen LogP contribution >= 0.6 is 0 Å². The second-order valence-corrected chi connectivity index (χ2v) is 5.42. The zero-order valence-corrected chi connectivity index (χ0v) is 12.7. The molecular weight excluding hydrogens is 276 g/mol. The lowest BCUT2D eigenvalue weighted by molar-refractivity contribution is 0.0983. The Kier molecular flexibility index (Phi) is 4.32. The number of fused-ring (bicyclic) bond motifs is 1.